The molecule has 1 aromatic carbocycles. The molecular weight excluding hydrogens is 294 g/mol. The second-order valence-electron chi connectivity index (χ2n) is 5.49. The van der Waals surface area contributed by atoms with E-state index in [9.17, 15) is 17.6 Å². The summed E-state index contributed by atoms with van der Waals surface area (Å²) in [4.78, 5) is 2.01. The van der Waals surface area contributed by atoms with E-state index in [1.54, 1.807) is 6.92 Å². The molecule has 1 fully saturated rings. The molecule has 20 heavy (non-hydrogen) atoms. The number of benzene rings is 1. The minimum atomic E-state index is -4.39. The third kappa shape index (κ3) is 3.85. The van der Waals surface area contributed by atoms with Gasteiger partial charge in [-0.15, -0.1) is 0 Å². The maximum Gasteiger partial charge on any atom is 0.416 e. The average Bonchev–Trinajstić information content (AvgIpc) is 2.33. The quantitative estimate of drug-likeness (QED) is 0.717. The molecule has 0 amide bonds. The SMILES string of the molecule is CC1(F)CCN(Cc2ccc(C(F)(F)F)cc2Cl)CC1. The summed E-state index contributed by atoms with van der Waals surface area (Å²) in [7, 11) is 0. The van der Waals surface area contributed by atoms with E-state index in [-0.39, 0.29) is 5.02 Å². The topological polar surface area (TPSA) is 3.24 Å². The van der Waals surface area contributed by atoms with Gasteiger partial charge in [0, 0.05) is 24.7 Å². The summed E-state index contributed by atoms with van der Waals surface area (Å²) in [6, 6.07) is 3.37. The number of halogens is 5. The number of hydrogen-bond donors (Lipinski definition) is 0. The summed E-state index contributed by atoms with van der Waals surface area (Å²) in [6.45, 7) is 3.21. The van der Waals surface area contributed by atoms with Crippen LogP contribution in [0.15, 0.2) is 18.2 Å². The van der Waals surface area contributed by atoms with E-state index in [1.165, 1.54) is 6.07 Å². The number of hydrogen-bond acceptors (Lipinski definition) is 1. The zero-order valence-electron chi connectivity index (χ0n) is 11.1. The first-order chi connectivity index (χ1) is 9.17. The van der Waals surface area contributed by atoms with E-state index in [1.807, 2.05) is 4.90 Å². The molecule has 1 saturated heterocycles. The van der Waals surface area contributed by atoms with Crippen LogP contribution in [0.25, 0.3) is 0 Å². The fourth-order valence-corrected chi connectivity index (χ4v) is 2.51. The molecule has 0 saturated carbocycles. The van der Waals surface area contributed by atoms with Crippen molar-refractivity contribution >= 4 is 11.6 Å². The first kappa shape index (κ1) is 15.6. The molecule has 0 unspecified atom stereocenters. The Morgan fingerprint density at radius 1 is 1.25 bits per heavy atom. The predicted octanol–water partition coefficient (Wildman–Crippen LogP) is 4.68. The number of alkyl halides is 4. The van der Waals surface area contributed by atoms with Gasteiger partial charge in [0.1, 0.15) is 5.67 Å². The molecule has 2 rings (SSSR count). The second-order valence-corrected chi connectivity index (χ2v) is 5.90. The average molecular weight is 310 g/mol. The molecule has 1 aromatic rings. The van der Waals surface area contributed by atoms with E-state index in [4.69, 9.17) is 11.6 Å². The standard InChI is InChI=1S/C14H16ClF4N/c1-13(16)4-6-20(7-5-13)9-10-2-3-11(8-12(10)15)14(17,18)19/h2-3,8H,4-7,9H2,1H3. The van der Waals surface area contributed by atoms with Gasteiger partial charge in [-0.3, -0.25) is 4.90 Å². The molecular formula is C14H16ClF4N. The molecule has 0 aliphatic carbocycles. The van der Waals surface area contributed by atoms with Crippen LogP contribution in [0.4, 0.5) is 17.6 Å². The van der Waals surface area contributed by atoms with Crippen LogP contribution in [0.3, 0.4) is 0 Å². The lowest BCUT2D eigenvalue weighted by Crippen LogP contribution is -2.39. The van der Waals surface area contributed by atoms with E-state index in [2.05, 4.69) is 0 Å². The highest BCUT2D eigenvalue weighted by atomic mass is 35.5. The molecule has 1 nitrogen and oxygen atoms in total. The van der Waals surface area contributed by atoms with E-state index in [0.717, 1.165) is 12.1 Å². The third-order valence-corrected chi connectivity index (χ3v) is 4.02. The summed E-state index contributed by atoms with van der Waals surface area (Å²) in [5.41, 5.74) is -1.25. The predicted molar refractivity (Wildman–Crippen MR) is 70.5 cm³/mol. The van der Waals surface area contributed by atoms with Gasteiger partial charge >= 0.3 is 6.18 Å². The molecule has 112 valence electrons. The maximum atomic E-state index is 13.7. The second kappa shape index (κ2) is 5.53. The van der Waals surface area contributed by atoms with Crippen molar-refractivity contribution in [2.45, 2.75) is 38.2 Å². The van der Waals surface area contributed by atoms with Crippen LogP contribution in [0.2, 0.25) is 5.02 Å². The fourth-order valence-electron chi connectivity index (χ4n) is 2.27. The van der Waals surface area contributed by atoms with Crippen LogP contribution in [-0.4, -0.2) is 23.7 Å². The molecule has 1 heterocycles. The zero-order valence-corrected chi connectivity index (χ0v) is 11.9. The Bertz CT molecular complexity index is 475. The Kier molecular flexibility index (Phi) is 4.30. The number of nitrogens with zero attached hydrogens (tertiary/aromatic N) is 1. The fraction of sp³-hybridized carbons (Fsp3) is 0.571. The smallest absolute Gasteiger partial charge is 0.299 e. The highest BCUT2D eigenvalue weighted by Crippen LogP contribution is 2.33. The Hall–Kier alpha value is -0.810. The van der Waals surface area contributed by atoms with Crippen molar-refractivity contribution in [3.8, 4) is 0 Å². The van der Waals surface area contributed by atoms with Gasteiger partial charge in [0.2, 0.25) is 0 Å². The van der Waals surface area contributed by atoms with Gasteiger partial charge in [0.05, 0.1) is 5.56 Å². The molecule has 0 bridgehead atoms. The largest absolute Gasteiger partial charge is 0.416 e. The lowest BCUT2D eigenvalue weighted by molar-refractivity contribution is -0.137. The van der Waals surface area contributed by atoms with E-state index in [0.29, 0.717) is 38.0 Å². The van der Waals surface area contributed by atoms with Crippen LogP contribution < -0.4 is 0 Å². The summed E-state index contributed by atoms with van der Waals surface area (Å²) in [6.07, 6.45) is -3.51. The zero-order chi connectivity index (χ0) is 15.0. The lowest BCUT2D eigenvalue weighted by atomic mass is 9.95. The number of piperidine rings is 1. The van der Waals surface area contributed by atoms with E-state index < -0.39 is 17.4 Å². The van der Waals surface area contributed by atoms with E-state index >= 15 is 0 Å². The Labute approximate surface area is 120 Å². The van der Waals surface area contributed by atoms with Crippen molar-refractivity contribution in [3.05, 3.63) is 34.3 Å². The van der Waals surface area contributed by atoms with Crippen molar-refractivity contribution in [1.29, 1.82) is 0 Å². The monoisotopic (exact) mass is 309 g/mol. The van der Waals surface area contributed by atoms with Crippen LogP contribution in [-0.2, 0) is 12.7 Å². The molecule has 0 atom stereocenters. The van der Waals surface area contributed by atoms with Crippen molar-refractivity contribution in [1.82, 2.24) is 4.90 Å². The van der Waals surface area contributed by atoms with Crippen LogP contribution >= 0.6 is 11.6 Å². The summed E-state index contributed by atoms with van der Waals surface area (Å²) in [5, 5.41) is 0.105. The van der Waals surface area contributed by atoms with Crippen LogP contribution in [0.5, 0.6) is 0 Å². The van der Waals surface area contributed by atoms with Gasteiger partial charge < -0.3 is 0 Å². The highest BCUT2D eigenvalue weighted by molar-refractivity contribution is 6.31. The first-order valence-electron chi connectivity index (χ1n) is 6.44. The molecule has 0 spiro atoms. The Balaban J connectivity index is 2.04. The number of rotatable bonds is 2. The van der Waals surface area contributed by atoms with Gasteiger partial charge in [-0.25, -0.2) is 4.39 Å². The molecule has 0 radical (unpaired) electrons. The van der Waals surface area contributed by atoms with Crippen LogP contribution in [0.1, 0.15) is 30.9 Å². The Morgan fingerprint density at radius 3 is 2.35 bits per heavy atom. The van der Waals surface area contributed by atoms with Gasteiger partial charge in [0.15, 0.2) is 0 Å². The highest BCUT2D eigenvalue weighted by Gasteiger charge is 2.32. The van der Waals surface area contributed by atoms with Gasteiger partial charge in [-0.2, -0.15) is 13.2 Å². The normalized spacial score (nSPS) is 20.1. The van der Waals surface area contributed by atoms with Gasteiger partial charge in [0.25, 0.3) is 0 Å². The summed E-state index contributed by atoms with van der Waals surface area (Å²) >= 11 is 5.91. The minimum Gasteiger partial charge on any atom is -0.299 e. The third-order valence-electron chi connectivity index (χ3n) is 3.67. The molecule has 1 aliphatic rings. The maximum absolute atomic E-state index is 13.7. The van der Waals surface area contributed by atoms with Crippen molar-refractivity contribution in [2.24, 2.45) is 0 Å². The summed E-state index contributed by atoms with van der Waals surface area (Å²) in [5.74, 6) is 0. The molecule has 0 aromatic heterocycles. The molecule has 6 heteroatoms. The van der Waals surface area contributed by atoms with Gasteiger partial charge in [-0.1, -0.05) is 17.7 Å². The van der Waals surface area contributed by atoms with Crippen molar-refractivity contribution < 1.29 is 17.6 Å². The first-order valence-corrected chi connectivity index (χ1v) is 6.82. The molecule has 0 N–H and O–H groups in total. The van der Waals surface area contributed by atoms with Gasteiger partial charge in [-0.05, 0) is 37.5 Å². The summed E-state index contributed by atoms with van der Waals surface area (Å²) < 4.78 is 51.3. The van der Waals surface area contributed by atoms with Crippen molar-refractivity contribution in [2.75, 3.05) is 13.1 Å². The minimum absolute atomic E-state index is 0.105. The van der Waals surface area contributed by atoms with Crippen molar-refractivity contribution in [3.63, 3.8) is 0 Å². The van der Waals surface area contributed by atoms with Crippen LogP contribution in [0, 0.1) is 0 Å². The molecule has 1 aliphatic heterocycles. The Morgan fingerprint density at radius 2 is 1.85 bits per heavy atom. The number of likely N-dealkylation sites (tertiary alicyclic amines) is 1. The lowest BCUT2D eigenvalue weighted by Gasteiger charge is -2.34.